The van der Waals surface area contributed by atoms with Gasteiger partial charge in [0, 0.05) is 22.8 Å². The Morgan fingerprint density at radius 3 is 2.42 bits per heavy atom. The second kappa shape index (κ2) is 12.7. The van der Waals surface area contributed by atoms with Gasteiger partial charge in [-0.1, -0.05) is 34.1 Å². The number of ether oxygens (including phenoxy) is 2. The van der Waals surface area contributed by atoms with Gasteiger partial charge in [-0.15, -0.1) is 0 Å². The summed E-state index contributed by atoms with van der Waals surface area (Å²) in [4.78, 5) is 23.7. The van der Waals surface area contributed by atoms with E-state index in [1.165, 1.54) is 23.7 Å². The van der Waals surface area contributed by atoms with Crippen LogP contribution in [0.1, 0.15) is 31.4 Å². The number of carbonyl (C=O) groups excluding carboxylic acids is 2. The van der Waals surface area contributed by atoms with Gasteiger partial charge >= 0.3 is 6.09 Å². The maximum atomic E-state index is 12.6. The predicted molar refractivity (Wildman–Crippen MR) is 119 cm³/mol. The Bertz CT molecular complexity index is 871. The van der Waals surface area contributed by atoms with Gasteiger partial charge in [0.05, 0.1) is 6.10 Å². The Balaban J connectivity index is 2.17. The maximum absolute atomic E-state index is 12.6. The van der Waals surface area contributed by atoms with Gasteiger partial charge in [-0.2, -0.15) is 0 Å². The van der Waals surface area contributed by atoms with E-state index in [4.69, 9.17) is 14.7 Å². The van der Waals surface area contributed by atoms with Crippen LogP contribution in [0.5, 0.6) is 5.75 Å². The Hall–Kier alpha value is -2.88. The van der Waals surface area contributed by atoms with Gasteiger partial charge < -0.3 is 14.6 Å². The molecule has 0 saturated heterocycles. The number of benzene rings is 2. The molecule has 9 heteroatoms. The SMILES string of the molecule is CCO[C@H](CC/C=C/C(=O)NO)[C@H](OC(=O)Nc1ccc(Br)cc1)c1ccc(O)cc1. The van der Waals surface area contributed by atoms with Crippen LogP contribution in [0.3, 0.4) is 0 Å². The number of aromatic hydroxyl groups is 1. The van der Waals surface area contributed by atoms with Crippen molar-refractivity contribution in [1.82, 2.24) is 5.48 Å². The van der Waals surface area contributed by atoms with Gasteiger partial charge in [-0.05, 0) is 61.7 Å². The lowest BCUT2D eigenvalue weighted by Crippen LogP contribution is -2.29. The molecular formula is C22H25BrN2O6. The van der Waals surface area contributed by atoms with Crippen molar-refractivity contribution in [3.63, 3.8) is 0 Å². The van der Waals surface area contributed by atoms with Crippen LogP contribution in [-0.2, 0) is 14.3 Å². The van der Waals surface area contributed by atoms with Crippen molar-refractivity contribution < 1.29 is 29.4 Å². The van der Waals surface area contributed by atoms with Gasteiger partial charge in [0.25, 0.3) is 5.91 Å². The van der Waals surface area contributed by atoms with Crippen LogP contribution in [0.25, 0.3) is 0 Å². The van der Waals surface area contributed by atoms with E-state index >= 15 is 0 Å². The second-order valence-corrected chi connectivity index (χ2v) is 7.41. The zero-order chi connectivity index (χ0) is 22.6. The van der Waals surface area contributed by atoms with E-state index in [2.05, 4.69) is 21.2 Å². The van der Waals surface area contributed by atoms with Crippen LogP contribution in [0.2, 0.25) is 0 Å². The number of halogens is 1. The average Bonchev–Trinajstić information content (AvgIpc) is 2.76. The van der Waals surface area contributed by atoms with Gasteiger partial charge in [-0.25, -0.2) is 10.3 Å². The molecule has 0 spiro atoms. The van der Waals surface area contributed by atoms with E-state index in [1.807, 2.05) is 6.92 Å². The molecule has 0 aliphatic heterocycles. The summed E-state index contributed by atoms with van der Waals surface area (Å²) in [6.07, 6.45) is 1.78. The minimum absolute atomic E-state index is 0.0905. The first-order valence-corrected chi connectivity index (χ1v) is 10.5. The van der Waals surface area contributed by atoms with Crippen LogP contribution >= 0.6 is 15.9 Å². The number of carbonyl (C=O) groups is 2. The number of nitrogens with one attached hydrogen (secondary N) is 2. The Labute approximate surface area is 189 Å². The summed E-state index contributed by atoms with van der Waals surface area (Å²) >= 11 is 3.34. The Kier molecular flexibility index (Phi) is 10.0. The summed E-state index contributed by atoms with van der Waals surface area (Å²) in [7, 11) is 0. The topological polar surface area (TPSA) is 117 Å². The summed E-state index contributed by atoms with van der Waals surface area (Å²) in [5, 5.41) is 20.9. The molecule has 2 aromatic rings. The summed E-state index contributed by atoms with van der Waals surface area (Å²) in [5.41, 5.74) is 2.75. The van der Waals surface area contributed by atoms with Gasteiger partial charge in [0.15, 0.2) is 6.10 Å². The average molecular weight is 493 g/mol. The molecule has 0 radical (unpaired) electrons. The van der Waals surface area contributed by atoms with Crippen molar-refractivity contribution in [1.29, 1.82) is 0 Å². The fourth-order valence-electron chi connectivity index (χ4n) is 2.84. The number of phenolic OH excluding ortho intramolecular Hbond substituents is 1. The number of hydrogen-bond donors (Lipinski definition) is 4. The Morgan fingerprint density at radius 1 is 1.13 bits per heavy atom. The molecule has 166 valence electrons. The molecule has 0 aliphatic carbocycles. The second-order valence-electron chi connectivity index (χ2n) is 6.50. The van der Waals surface area contributed by atoms with Crippen molar-refractivity contribution in [2.45, 2.75) is 32.0 Å². The van der Waals surface area contributed by atoms with Crippen LogP contribution in [0, 0.1) is 0 Å². The summed E-state index contributed by atoms with van der Waals surface area (Å²) in [6.45, 7) is 2.22. The third-order valence-electron chi connectivity index (χ3n) is 4.26. The standard InChI is InChI=1S/C22H25BrN2O6/c1-2-30-19(5-3-4-6-20(27)25-29)21(15-7-13-18(26)14-8-15)31-22(28)24-17-11-9-16(23)10-12-17/h4,6-14,19,21,26,29H,2-3,5H2,1H3,(H,24,28)(H,25,27)/b6-4+/t19-,21-/m1/s1. The normalized spacial score (nSPS) is 12.9. The first-order valence-electron chi connectivity index (χ1n) is 9.67. The highest BCUT2D eigenvalue weighted by Crippen LogP contribution is 2.29. The number of amides is 2. The lowest BCUT2D eigenvalue weighted by atomic mass is 10.00. The molecule has 4 N–H and O–H groups in total. The number of allylic oxidation sites excluding steroid dienone is 1. The summed E-state index contributed by atoms with van der Waals surface area (Å²) < 4.78 is 12.4. The monoisotopic (exact) mass is 492 g/mol. The highest BCUT2D eigenvalue weighted by Gasteiger charge is 2.27. The highest BCUT2D eigenvalue weighted by molar-refractivity contribution is 9.10. The molecule has 2 atom stereocenters. The fraction of sp³-hybridized carbons (Fsp3) is 0.273. The quantitative estimate of drug-likeness (QED) is 0.217. The van der Waals surface area contributed by atoms with Crippen molar-refractivity contribution in [2.75, 3.05) is 11.9 Å². The minimum atomic E-state index is -0.754. The van der Waals surface area contributed by atoms with Crippen molar-refractivity contribution >= 4 is 33.6 Å². The number of phenols is 1. The Morgan fingerprint density at radius 2 is 1.81 bits per heavy atom. The van der Waals surface area contributed by atoms with E-state index in [0.29, 0.717) is 30.7 Å². The zero-order valence-electron chi connectivity index (χ0n) is 17.0. The third kappa shape index (κ3) is 8.41. The van der Waals surface area contributed by atoms with Crippen molar-refractivity contribution in [3.05, 3.63) is 70.7 Å². The maximum Gasteiger partial charge on any atom is 0.412 e. The van der Waals surface area contributed by atoms with Crippen molar-refractivity contribution in [3.8, 4) is 5.75 Å². The summed E-state index contributed by atoms with van der Waals surface area (Å²) in [6, 6.07) is 13.4. The number of rotatable bonds is 10. The highest BCUT2D eigenvalue weighted by atomic mass is 79.9. The molecule has 0 fully saturated rings. The number of hydrogen-bond acceptors (Lipinski definition) is 6. The van der Waals surface area contributed by atoms with Gasteiger partial charge in [-0.3, -0.25) is 15.3 Å². The van der Waals surface area contributed by atoms with Crippen LogP contribution in [0.15, 0.2) is 65.2 Å². The lowest BCUT2D eigenvalue weighted by Gasteiger charge is -2.27. The van der Waals surface area contributed by atoms with E-state index in [0.717, 1.165) is 4.47 Å². The van der Waals surface area contributed by atoms with Crippen molar-refractivity contribution in [2.24, 2.45) is 0 Å². The molecular weight excluding hydrogens is 468 g/mol. The molecule has 0 bridgehead atoms. The first kappa shape index (κ1) is 24.4. The van der Waals surface area contributed by atoms with E-state index in [1.54, 1.807) is 42.5 Å². The predicted octanol–water partition coefficient (Wildman–Crippen LogP) is 4.69. The summed E-state index contributed by atoms with van der Waals surface area (Å²) in [5.74, 6) is -0.541. The molecule has 2 rings (SSSR count). The van der Waals surface area contributed by atoms with Gasteiger partial charge in [0.1, 0.15) is 5.75 Å². The fourth-order valence-corrected chi connectivity index (χ4v) is 3.11. The lowest BCUT2D eigenvalue weighted by molar-refractivity contribution is -0.124. The number of anilines is 1. The molecule has 8 nitrogen and oxygen atoms in total. The smallest absolute Gasteiger partial charge is 0.412 e. The number of hydroxylamine groups is 1. The van der Waals surface area contributed by atoms with Crippen LogP contribution in [0.4, 0.5) is 10.5 Å². The molecule has 0 heterocycles. The molecule has 0 aliphatic rings. The largest absolute Gasteiger partial charge is 0.508 e. The molecule has 2 aromatic carbocycles. The zero-order valence-corrected chi connectivity index (χ0v) is 18.5. The molecule has 0 aromatic heterocycles. The van der Waals surface area contributed by atoms with E-state index in [-0.39, 0.29) is 5.75 Å². The molecule has 0 unspecified atom stereocenters. The molecule has 0 saturated carbocycles. The van der Waals surface area contributed by atoms with Gasteiger partial charge in [0.2, 0.25) is 0 Å². The van der Waals surface area contributed by atoms with Crippen LogP contribution < -0.4 is 10.8 Å². The molecule has 31 heavy (non-hydrogen) atoms. The van der Waals surface area contributed by atoms with Crippen LogP contribution in [-0.4, -0.2) is 35.0 Å². The van der Waals surface area contributed by atoms with E-state index < -0.39 is 24.2 Å². The minimum Gasteiger partial charge on any atom is -0.508 e. The molecule has 2 amide bonds. The van der Waals surface area contributed by atoms with E-state index in [9.17, 15) is 14.7 Å². The first-order chi connectivity index (χ1) is 14.9. The third-order valence-corrected chi connectivity index (χ3v) is 4.79.